The molecule has 0 saturated heterocycles. The van der Waals surface area contributed by atoms with E-state index in [0.29, 0.717) is 0 Å². The van der Waals surface area contributed by atoms with E-state index in [-0.39, 0.29) is 21.4 Å². The van der Waals surface area contributed by atoms with Gasteiger partial charge >= 0.3 is 6.36 Å². The molecule has 106 valence electrons. The summed E-state index contributed by atoms with van der Waals surface area (Å²) in [7, 11) is 0. The third-order valence-electron chi connectivity index (χ3n) is 2.22. The topological polar surface area (TPSA) is 93.9 Å². The van der Waals surface area contributed by atoms with E-state index in [1.807, 2.05) is 0 Å². The minimum Gasteiger partial charge on any atom is -0.405 e. The molecule has 10 heteroatoms. The van der Waals surface area contributed by atoms with E-state index in [9.17, 15) is 18.0 Å². The molecule has 6 nitrogen and oxygen atoms in total. The van der Waals surface area contributed by atoms with Gasteiger partial charge in [0.25, 0.3) is 5.91 Å². The van der Waals surface area contributed by atoms with E-state index >= 15 is 0 Å². The molecule has 0 spiro atoms. The van der Waals surface area contributed by atoms with Crippen LogP contribution in [0.2, 0.25) is 0 Å². The van der Waals surface area contributed by atoms with E-state index in [4.69, 9.17) is 5.73 Å². The molecule has 0 radical (unpaired) electrons. The largest absolute Gasteiger partial charge is 0.573 e. The highest BCUT2D eigenvalue weighted by Gasteiger charge is 2.33. The number of nitrogens with two attached hydrogens (primary N) is 1. The molecule has 1 heterocycles. The maximum Gasteiger partial charge on any atom is 0.573 e. The molecule has 0 aliphatic rings. The molecular formula is C10H6BrF3N4O2. The van der Waals surface area contributed by atoms with Gasteiger partial charge in [0.05, 0.1) is 5.56 Å². The van der Waals surface area contributed by atoms with Crippen molar-refractivity contribution in [2.75, 3.05) is 0 Å². The van der Waals surface area contributed by atoms with Crippen LogP contribution >= 0.6 is 15.9 Å². The van der Waals surface area contributed by atoms with E-state index in [1.165, 1.54) is 12.1 Å². The minimum absolute atomic E-state index is 0.0765. The predicted octanol–water partition coefficient (Wildman–Crippen LogP) is 2.23. The Morgan fingerprint density at radius 1 is 1.35 bits per heavy atom. The lowest BCUT2D eigenvalue weighted by Crippen LogP contribution is -2.18. The number of benzene rings is 1. The quantitative estimate of drug-likeness (QED) is 0.887. The first-order valence-electron chi connectivity index (χ1n) is 5.05. The highest BCUT2D eigenvalue weighted by atomic mass is 79.9. The van der Waals surface area contributed by atoms with Crippen molar-refractivity contribution in [2.45, 2.75) is 6.36 Å². The van der Waals surface area contributed by atoms with Crippen LogP contribution in [0.3, 0.4) is 0 Å². The SMILES string of the molecule is NC(=O)c1n[nH]nc1-c1c(Br)cccc1OC(F)(F)F. The van der Waals surface area contributed by atoms with Crippen molar-refractivity contribution in [2.24, 2.45) is 5.73 Å². The van der Waals surface area contributed by atoms with Gasteiger partial charge in [0.2, 0.25) is 0 Å². The van der Waals surface area contributed by atoms with Gasteiger partial charge in [-0.05, 0) is 28.1 Å². The van der Waals surface area contributed by atoms with Crippen LogP contribution in [0.1, 0.15) is 10.5 Å². The van der Waals surface area contributed by atoms with Crippen molar-refractivity contribution < 1.29 is 22.7 Å². The Kier molecular flexibility index (Phi) is 3.66. The molecule has 0 atom stereocenters. The number of H-pyrrole nitrogens is 1. The van der Waals surface area contributed by atoms with Gasteiger partial charge in [-0.3, -0.25) is 4.79 Å². The zero-order chi connectivity index (χ0) is 14.9. The molecule has 1 aromatic carbocycles. The number of amides is 1. The number of carbonyl (C=O) groups is 1. The van der Waals surface area contributed by atoms with Crippen molar-refractivity contribution in [3.05, 3.63) is 28.4 Å². The fourth-order valence-corrected chi connectivity index (χ4v) is 2.06. The summed E-state index contributed by atoms with van der Waals surface area (Å²) in [5, 5.41) is 9.28. The van der Waals surface area contributed by atoms with E-state index in [1.54, 1.807) is 0 Å². The van der Waals surface area contributed by atoms with Gasteiger partial charge in [0, 0.05) is 4.47 Å². The summed E-state index contributed by atoms with van der Waals surface area (Å²) in [5.74, 6) is -1.45. The third-order valence-corrected chi connectivity index (χ3v) is 2.88. The average Bonchev–Trinajstić information content (AvgIpc) is 2.75. The Balaban J connectivity index is 2.61. The van der Waals surface area contributed by atoms with Gasteiger partial charge in [-0.25, -0.2) is 0 Å². The Morgan fingerprint density at radius 2 is 2.05 bits per heavy atom. The molecule has 0 unspecified atom stereocenters. The second-order valence-corrected chi connectivity index (χ2v) is 4.40. The molecule has 2 rings (SSSR count). The number of alkyl halides is 3. The van der Waals surface area contributed by atoms with Crippen molar-refractivity contribution in [3.63, 3.8) is 0 Å². The lowest BCUT2D eigenvalue weighted by Gasteiger charge is -2.13. The third kappa shape index (κ3) is 2.90. The number of carbonyl (C=O) groups excluding carboxylic acids is 1. The van der Waals surface area contributed by atoms with Gasteiger partial charge < -0.3 is 10.5 Å². The molecule has 0 fully saturated rings. The van der Waals surface area contributed by atoms with Crippen LogP contribution in [0.25, 0.3) is 11.3 Å². The van der Waals surface area contributed by atoms with E-state index < -0.39 is 18.0 Å². The highest BCUT2D eigenvalue weighted by Crippen LogP contribution is 2.38. The van der Waals surface area contributed by atoms with Crippen LogP contribution in [-0.2, 0) is 0 Å². The number of nitrogens with one attached hydrogen (secondary N) is 1. The Labute approximate surface area is 118 Å². The maximum atomic E-state index is 12.4. The first kappa shape index (κ1) is 14.3. The number of nitrogens with zero attached hydrogens (tertiary/aromatic N) is 2. The molecular weight excluding hydrogens is 345 g/mol. The van der Waals surface area contributed by atoms with Crippen LogP contribution in [0.4, 0.5) is 13.2 Å². The lowest BCUT2D eigenvalue weighted by molar-refractivity contribution is -0.274. The number of aromatic amines is 1. The average molecular weight is 351 g/mol. The number of primary amides is 1. The zero-order valence-corrected chi connectivity index (χ0v) is 11.1. The number of hydrogen-bond donors (Lipinski definition) is 2. The van der Waals surface area contributed by atoms with Gasteiger partial charge in [-0.15, -0.1) is 13.2 Å². The fraction of sp³-hybridized carbons (Fsp3) is 0.100. The Morgan fingerprint density at radius 3 is 2.65 bits per heavy atom. The highest BCUT2D eigenvalue weighted by molar-refractivity contribution is 9.10. The summed E-state index contributed by atoms with van der Waals surface area (Å²) in [6.45, 7) is 0. The van der Waals surface area contributed by atoms with Gasteiger partial charge in [-0.1, -0.05) is 6.07 Å². The number of ether oxygens (including phenoxy) is 1. The van der Waals surface area contributed by atoms with Crippen LogP contribution in [0, 0.1) is 0 Å². The van der Waals surface area contributed by atoms with Crippen molar-refractivity contribution in [1.82, 2.24) is 15.4 Å². The molecule has 0 bridgehead atoms. The summed E-state index contributed by atoms with van der Waals surface area (Å²) < 4.78 is 41.3. The Bertz CT molecular complexity index is 656. The van der Waals surface area contributed by atoms with Gasteiger partial charge in [-0.2, -0.15) is 15.4 Å². The first-order valence-corrected chi connectivity index (χ1v) is 5.84. The summed E-state index contributed by atoms with van der Waals surface area (Å²) in [5.41, 5.74) is 4.58. The normalized spacial score (nSPS) is 11.4. The maximum absolute atomic E-state index is 12.4. The first-order chi connectivity index (χ1) is 9.29. The molecule has 1 aromatic heterocycles. The van der Waals surface area contributed by atoms with Crippen LogP contribution in [-0.4, -0.2) is 27.7 Å². The Hall–Kier alpha value is -2.10. The number of aromatic nitrogens is 3. The molecule has 3 N–H and O–H groups in total. The second kappa shape index (κ2) is 5.12. The smallest absolute Gasteiger partial charge is 0.405 e. The summed E-state index contributed by atoms with van der Waals surface area (Å²) in [4.78, 5) is 11.2. The number of rotatable bonds is 3. The summed E-state index contributed by atoms with van der Waals surface area (Å²) >= 11 is 3.08. The molecule has 0 aliphatic heterocycles. The summed E-state index contributed by atoms with van der Waals surface area (Å²) in [6.07, 6.45) is -4.88. The summed E-state index contributed by atoms with van der Waals surface area (Å²) in [6, 6.07) is 3.91. The van der Waals surface area contributed by atoms with Crippen molar-refractivity contribution in [1.29, 1.82) is 0 Å². The van der Waals surface area contributed by atoms with Gasteiger partial charge in [0.15, 0.2) is 5.69 Å². The molecule has 0 saturated carbocycles. The van der Waals surface area contributed by atoms with Crippen molar-refractivity contribution >= 4 is 21.8 Å². The fourth-order valence-electron chi connectivity index (χ4n) is 1.52. The number of halogens is 4. The van der Waals surface area contributed by atoms with Crippen LogP contribution < -0.4 is 10.5 Å². The molecule has 20 heavy (non-hydrogen) atoms. The predicted molar refractivity (Wildman–Crippen MR) is 64.7 cm³/mol. The molecule has 0 aliphatic carbocycles. The van der Waals surface area contributed by atoms with Gasteiger partial charge in [0.1, 0.15) is 11.4 Å². The standard InChI is InChI=1S/C10H6BrF3N4O2/c11-4-2-1-3-5(20-10(12,13)14)6(4)7-8(9(15)19)17-18-16-7/h1-3H,(H2,15,19)(H,16,17,18). The van der Waals surface area contributed by atoms with E-state index in [0.717, 1.165) is 6.07 Å². The molecule has 1 amide bonds. The zero-order valence-electron chi connectivity index (χ0n) is 9.53. The van der Waals surface area contributed by atoms with Crippen LogP contribution in [0.15, 0.2) is 22.7 Å². The second-order valence-electron chi connectivity index (χ2n) is 3.55. The van der Waals surface area contributed by atoms with Crippen LogP contribution in [0.5, 0.6) is 5.75 Å². The lowest BCUT2D eigenvalue weighted by atomic mass is 10.1. The van der Waals surface area contributed by atoms with E-state index in [2.05, 4.69) is 36.1 Å². The monoisotopic (exact) mass is 350 g/mol. The van der Waals surface area contributed by atoms with Crippen molar-refractivity contribution in [3.8, 4) is 17.0 Å². The minimum atomic E-state index is -4.88. The number of hydrogen-bond acceptors (Lipinski definition) is 4. The molecule has 2 aromatic rings.